The van der Waals surface area contributed by atoms with Gasteiger partial charge in [-0.3, -0.25) is 0 Å². The summed E-state index contributed by atoms with van der Waals surface area (Å²) >= 11 is 0. The molecule has 1 fully saturated rings. The zero-order chi connectivity index (χ0) is 17.6. The minimum atomic E-state index is -4.67. The molecule has 1 aromatic rings. The highest BCUT2D eigenvalue weighted by atomic mass is 19.4. The molecule has 1 aliphatic rings. The molecule has 0 bridgehead atoms. The van der Waals surface area contributed by atoms with Gasteiger partial charge in [-0.15, -0.1) is 13.2 Å². The molecule has 0 spiro atoms. The minimum Gasteiger partial charge on any atom is -0.406 e. The van der Waals surface area contributed by atoms with Crippen molar-refractivity contribution in [2.75, 3.05) is 0 Å². The first-order valence-electron chi connectivity index (χ1n) is 7.98. The number of aryl methyl sites for hydroxylation is 1. The topological polar surface area (TPSA) is 33.0 Å². The number of ether oxygens (including phenoxy) is 1. The van der Waals surface area contributed by atoms with Crippen LogP contribution >= 0.6 is 0 Å². The maximum atomic E-state index is 12.9. The first-order valence-corrected chi connectivity index (χ1v) is 7.98. The summed E-state index contributed by atoms with van der Waals surface area (Å²) in [4.78, 5) is 0. The van der Waals surface area contributed by atoms with Crippen molar-refractivity contribution in [3.8, 4) is 11.8 Å². The second-order valence-electron chi connectivity index (χ2n) is 6.14. The summed E-state index contributed by atoms with van der Waals surface area (Å²) in [7, 11) is 0. The Bertz CT molecular complexity index is 593. The van der Waals surface area contributed by atoms with E-state index in [9.17, 15) is 17.6 Å². The smallest absolute Gasteiger partial charge is 0.406 e. The quantitative estimate of drug-likeness (QED) is 0.508. The third-order valence-corrected chi connectivity index (χ3v) is 4.38. The standard InChI is InChI=1S/C18H19F4NO/c19-16(12-23)11-15-5-3-13(4-6-15)1-2-14-7-9-17(10-8-14)24-18(20,21)22/h7-11,13,15H,1-6H2/b16-11-. The van der Waals surface area contributed by atoms with Crippen LogP contribution in [-0.4, -0.2) is 6.36 Å². The molecule has 0 heterocycles. The van der Waals surface area contributed by atoms with Crippen molar-refractivity contribution in [2.24, 2.45) is 11.8 Å². The van der Waals surface area contributed by atoms with E-state index in [-0.39, 0.29) is 11.7 Å². The summed E-state index contributed by atoms with van der Waals surface area (Å²) in [6, 6.07) is 7.46. The number of hydrogen-bond acceptors (Lipinski definition) is 2. The zero-order valence-corrected chi connectivity index (χ0v) is 13.2. The number of benzene rings is 1. The highest BCUT2D eigenvalue weighted by Gasteiger charge is 2.31. The van der Waals surface area contributed by atoms with Crippen molar-refractivity contribution in [3.63, 3.8) is 0 Å². The predicted molar refractivity (Wildman–Crippen MR) is 81.7 cm³/mol. The Morgan fingerprint density at radius 2 is 1.79 bits per heavy atom. The van der Waals surface area contributed by atoms with E-state index in [1.807, 2.05) is 0 Å². The third-order valence-electron chi connectivity index (χ3n) is 4.38. The lowest BCUT2D eigenvalue weighted by molar-refractivity contribution is -0.274. The molecule has 0 aromatic heterocycles. The Balaban J connectivity index is 1.76. The van der Waals surface area contributed by atoms with Crippen molar-refractivity contribution >= 4 is 0 Å². The van der Waals surface area contributed by atoms with E-state index in [4.69, 9.17) is 5.26 Å². The maximum absolute atomic E-state index is 12.9. The molecule has 130 valence electrons. The van der Waals surface area contributed by atoms with Gasteiger partial charge in [0.15, 0.2) is 5.83 Å². The number of nitriles is 1. The SMILES string of the molecule is N#C/C(F)=C/C1CCC(CCc2ccc(OC(F)(F)F)cc2)CC1. The molecule has 0 radical (unpaired) electrons. The van der Waals surface area contributed by atoms with E-state index in [1.165, 1.54) is 24.3 Å². The Kier molecular flexibility index (Phi) is 6.24. The summed E-state index contributed by atoms with van der Waals surface area (Å²) in [6.45, 7) is 0. The number of alkyl halides is 3. The number of allylic oxidation sites excluding steroid dienone is 2. The molecule has 0 unspecified atom stereocenters. The van der Waals surface area contributed by atoms with Gasteiger partial charge >= 0.3 is 6.36 Å². The molecule has 0 N–H and O–H groups in total. The van der Waals surface area contributed by atoms with E-state index < -0.39 is 12.2 Å². The number of hydrogen-bond donors (Lipinski definition) is 0. The van der Waals surface area contributed by atoms with Gasteiger partial charge in [0, 0.05) is 0 Å². The van der Waals surface area contributed by atoms with Crippen LogP contribution in [0.1, 0.15) is 37.7 Å². The van der Waals surface area contributed by atoms with Crippen molar-refractivity contribution in [1.82, 2.24) is 0 Å². The van der Waals surface area contributed by atoms with Crippen LogP contribution in [0.2, 0.25) is 0 Å². The zero-order valence-electron chi connectivity index (χ0n) is 13.2. The number of halogens is 4. The van der Waals surface area contributed by atoms with E-state index in [2.05, 4.69) is 4.74 Å². The van der Waals surface area contributed by atoms with Gasteiger partial charge in [0.1, 0.15) is 11.8 Å². The van der Waals surface area contributed by atoms with Crippen LogP contribution in [0.3, 0.4) is 0 Å². The Labute approximate surface area is 138 Å². The summed E-state index contributed by atoms with van der Waals surface area (Å²) in [6.07, 6.45) is 2.20. The lowest BCUT2D eigenvalue weighted by Crippen LogP contribution is -2.17. The molecule has 24 heavy (non-hydrogen) atoms. The van der Waals surface area contributed by atoms with Gasteiger partial charge in [0.25, 0.3) is 0 Å². The highest BCUT2D eigenvalue weighted by molar-refractivity contribution is 5.27. The normalized spacial score (nSPS) is 22.0. The number of nitrogens with zero attached hydrogens (tertiary/aromatic N) is 1. The molecular weight excluding hydrogens is 322 g/mol. The van der Waals surface area contributed by atoms with Crippen LogP contribution < -0.4 is 4.74 Å². The van der Waals surface area contributed by atoms with Gasteiger partial charge in [-0.1, -0.05) is 12.1 Å². The van der Waals surface area contributed by atoms with Crippen molar-refractivity contribution < 1.29 is 22.3 Å². The summed E-state index contributed by atoms with van der Waals surface area (Å²) in [5.74, 6) is -0.247. The third kappa shape index (κ3) is 6.23. The van der Waals surface area contributed by atoms with Gasteiger partial charge in [0.2, 0.25) is 0 Å². The van der Waals surface area contributed by atoms with Gasteiger partial charge < -0.3 is 4.74 Å². The fourth-order valence-corrected chi connectivity index (χ4v) is 3.12. The molecule has 1 aromatic carbocycles. The first kappa shape index (κ1) is 18.3. The second kappa shape index (κ2) is 8.18. The van der Waals surface area contributed by atoms with Crippen molar-refractivity contribution in [1.29, 1.82) is 5.26 Å². The molecule has 0 atom stereocenters. The summed E-state index contributed by atoms with van der Waals surface area (Å²) in [5.41, 5.74) is 0.974. The van der Waals surface area contributed by atoms with Crippen LogP contribution in [0.5, 0.6) is 5.75 Å². The van der Waals surface area contributed by atoms with Crippen LogP contribution in [-0.2, 0) is 6.42 Å². The minimum absolute atomic E-state index is 0.139. The summed E-state index contributed by atoms with van der Waals surface area (Å²) in [5, 5.41) is 8.45. The summed E-state index contributed by atoms with van der Waals surface area (Å²) < 4.78 is 53.1. The van der Waals surface area contributed by atoms with Gasteiger partial charge in [0.05, 0.1) is 0 Å². The van der Waals surface area contributed by atoms with Crippen molar-refractivity contribution in [2.45, 2.75) is 44.9 Å². The van der Waals surface area contributed by atoms with Gasteiger partial charge in [-0.2, -0.15) is 9.65 Å². The van der Waals surface area contributed by atoms with Crippen LogP contribution in [0.4, 0.5) is 17.6 Å². The lowest BCUT2D eigenvalue weighted by atomic mass is 9.79. The largest absolute Gasteiger partial charge is 0.573 e. The Hall–Kier alpha value is -2.03. The monoisotopic (exact) mass is 341 g/mol. The second-order valence-corrected chi connectivity index (χ2v) is 6.14. The van der Waals surface area contributed by atoms with Crippen LogP contribution in [0.15, 0.2) is 36.2 Å². The van der Waals surface area contributed by atoms with E-state index >= 15 is 0 Å². The Morgan fingerprint density at radius 1 is 1.17 bits per heavy atom. The molecule has 0 saturated heterocycles. The van der Waals surface area contributed by atoms with Crippen LogP contribution in [0, 0.1) is 23.2 Å². The molecular formula is C18H19F4NO. The molecule has 1 saturated carbocycles. The van der Waals surface area contributed by atoms with E-state index in [0.717, 1.165) is 44.1 Å². The van der Waals surface area contributed by atoms with Gasteiger partial charge in [-0.25, -0.2) is 0 Å². The van der Waals surface area contributed by atoms with Crippen molar-refractivity contribution in [3.05, 3.63) is 41.7 Å². The average Bonchev–Trinajstić information content (AvgIpc) is 2.54. The predicted octanol–water partition coefficient (Wildman–Crippen LogP) is 5.70. The average molecular weight is 341 g/mol. The molecule has 1 aliphatic carbocycles. The molecule has 2 rings (SSSR count). The van der Waals surface area contributed by atoms with Gasteiger partial charge in [-0.05, 0) is 74.1 Å². The molecule has 2 nitrogen and oxygen atoms in total. The lowest BCUT2D eigenvalue weighted by Gasteiger charge is -2.26. The highest BCUT2D eigenvalue weighted by Crippen LogP contribution is 2.33. The first-order chi connectivity index (χ1) is 11.4. The van der Waals surface area contributed by atoms with Crippen LogP contribution in [0.25, 0.3) is 0 Å². The fourth-order valence-electron chi connectivity index (χ4n) is 3.12. The molecule has 0 aliphatic heterocycles. The Morgan fingerprint density at radius 3 is 2.33 bits per heavy atom. The maximum Gasteiger partial charge on any atom is 0.573 e. The fraction of sp³-hybridized carbons (Fsp3) is 0.500. The molecule has 6 heteroatoms. The number of rotatable bonds is 5. The van der Waals surface area contributed by atoms with E-state index in [1.54, 1.807) is 12.1 Å². The molecule has 0 amide bonds. The van der Waals surface area contributed by atoms with E-state index in [0.29, 0.717) is 5.92 Å².